The Balaban J connectivity index is 3.99. The lowest BCUT2D eigenvalue weighted by atomic mass is 10.0. The molecular weight excluding hydrogens is 984 g/mol. The minimum atomic E-state index is -4.33. The molecule has 0 aliphatic heterocycles. The van der Waals surface area contributed by atoms with E-state index in [1.165, 1.54) is 289 Å². The Labute approximate surface area is 487 Å². The minimum absolute atomic E-state index is 0.0760. The molecule has 464 valence electrons. The maximum absolute atomic E-state index is 13.1. The zero-order valence-corrected chi connectivity index (χ0v) is 54.1. The van der Waals surface area contributed by atoms with Gasteiger partial charge in [-0.2, -0.15) is 0 Å². The lowest BCUT2D eigenvalue weighted by Gasteiger charge is -2.26. The molecule has 8 nitrogen and oxygen atoms in total. The highest BCUT2D eigenvalue weighted by Crippen LogP contribution is 2.43. The van der Waals surface area contributed by atoms with E-state index in [-0.39, 0.29) is 19.1 Å². The number of nitrogens with zero attached hydrogens (tertiary/aromatic N) is 1. The Bertz CT molecular complexity index is 1320. The first-order valence-electron chi connectivity index (χ1n) is 34.7. The summed E-state index contributed by atoms with van der Waals surface area (Å²) in [6.07, 6.45) is 78.5. The third-order valence-corrected chi connectivity index (χ3v) is 17.2. The Morgan fingerprint density at radius 2 is 0.731 bits per heavy atom. The van der Waals surface area contributed by atoms with Crippen molar-refractivity contribution >= 4 is 13.7 Å². The molecule has 3 atom stereocenters. The second-order valence-electron chi connectivity index (χ2n) is 25.3. The monoisotopic (exact) mass is 1120 g/mol. The highest BCUT2D eigenvalue weighted by molar-refractivity contribution is 7.47. The Morgan fingerprint density at radius 3 is 1.05 bits per heavy atom. The van der Waals surface area contributed by atoms with Crippen molar-refractivity contribution < 1.29 is 32.9 Å². The van der Waals surface area contributed by atoms with Crippen molar-refractivity contribution in [3.05, 3.63) is 24.3 Å². The average molecular weight is 1120 g/mol. The number of allylic oxidation sites excluding steroid dienone is 4. The first-order valence-corrected chi connectivity index (χ1v) is 36.2. The largest absolute Gasteiger partial charge is 0.472 e. The molecule has 0 fully saturated rings. The topological polar surface area (TPSA) is 105 Å². The van der Waals surface area contributed by atoms with E-state index in [2.05, 4.69) is 43.5 Å². The summed E-state index contributed by atoms with van der Waals surface area (Å²) in [6, 6.07) is -0.762. The maximum atomic E-state index is 13.1. The number of aliphatic hydroxyl groups is 1. The number of phosphoric acid groups is 1. The van der Waals surface area contributed by atoms with Crippen molar-refractivity contribution in [2.45, 2.75) is 373 Å². The van der Waals surface area contributed by atoms with Gasteiger partial charge in [-0.3, -0.25) is 13.8 Å². The van der Waals surface area contributed by atoms with Gasteiger partial charge in [0.25, 0.3) is 0 Å². The third kappa shape index (κ3) is 62.6. The van der Waals surface area contributed by atoms with Gasteiger partial charge in [-0.1, -0.05) is 334 Å². The van der Waals surface area contributed by atoms with E-state index in [4.69, 9.17) is 9.05 Å². The number of carbonyl (C=O) groups excluding carboxylic acids is 1. The van der Waals surface area contributed by atoms with E-state index in [1.54, 1.807) is 0 Å². The number of likely N-dealkylation sites (N-methyl/N-ethyl adjacent to an activating group) is 1. The van der Waals surface area contributed by atoms with Gasteiger partial charge >= 0.3 is 7.82 Å². The van der Waals surface area contributed by atoms with Crippen LogP contribution in [0.5, 0.6) is 0 Å². The summed E-state index contributed by atoms with van der Waals surface area (Å²) < 4.78 is 23.9. The fourth-order valence-electron chi connectivity index (χ4n) is 10.8. The van der Waals surface area contributed by atoms with Crippen LogP contribution in [0.1, 0.15) is 361 Å². The van der Waals surface area contributed by atoms with Gasteiger partial charge in [0.05, 0.1) is 39.9 Å². The van der Waals surface area contributed by atoms with E-state index in [9.17, 15) is 19.4 Å². The number of quaternary nitrogens is 1. The normalized spacial score (nSPS) is 13.8. The summed E-state index contributed by atoms with van der Waals surface area (Å²) in [5, 5.41) is 14.1. The van der Waals surface area contributed by atoms with Gasteiger partial charge < -0.3 is 19.8 Å². The van der Waals surface area contributed by atoms with Gasteiger partial charge in [0, 0.05) is 6.42 Å². The molecule has 0 aliphatic rings. The number of aliphatic hydroxyl groups excluding tert-OH is 1. The molecule has 0 heterocycles. The smallest absolute Gasteiger partial charge is 0.391 e. The standard InChI is InChI=1S/C69H137N2O6P/c1-6-8-10-12-14-16-18-20-22-24-26-28-30-31-32-33-34-35-36-37-38-39-41-42-44-46-48-50-52-54-56-58-60-62-68(72)67(66-77-78(74,75)76-65-64-71(3,4)5)70-69(73)63-61-59-57-55-53-51-49-47-45-43-40-29-27-25-23-21-19-17-15-13-11-9-7-2/h19,21,25,27,67-68,72H,6-18,20,22-24,26,28-66H2,1-5H3,(H-,70,73,74,75)/p+1/b21-19-,27-25-. The summed E-state index contributed by atoms with van der Waals surface area (Å²) in [5.74, 6) is -0.140. The second-order valence-corrected chi connectivity index (χ2v) is 26.7. The van der Waals surface area contributed by atoms with E-state index < -0.39 is 20.0 Å². The van der Waals surface area contributed by atoms with Crippen LogP contribution in [0, 0.1) is 0 Å². The number of nitrogens with one attached hydrogen (secondary N) is 1. The molecule has 0 spiro atoms. The quantitative estimate of drug-likeness (QED) is 0.0243. The Kier molecular flexibility index (Phi) is 59.8. The second kappa shape index (κ2) is 60.6. The van der Waals surface area contributed by atoms with Crippen LogP contribution >= 0.6 is 7.82 Å². The van der Waals surface area contributed by atoms with Crippen LogP contribution in [-0.2, 0) is 18.4 Å². The molecule has 0 bridgehead atoms. The van der Waals surface area contributed by atoms with E-state index >= 15 is 0 Å². The van der Waals surface area contributed by atoms with Gasteiger partial charge in [0.15, 0.2) is 0 Å². The SMILES string of the molecule is CCCCCCC/C=C\C/C=C\CCCCCCCCCCCCCC(=O)NC(COP(=O)(O)OCC[N+](C)(C)C)C(O)CCCCCCCCCCCCCCCCCCCCCCCCCCCCCCCCCCC. The van der Waals surface area contributed by atoms with Crippen molar-refractivity contribution in [3.8, 4) is 0 Å². The number of hydrogen-bond acceptors (Lipinski definition) is 5. The predicted molar refractivity (Wildman–Crippen MR) is 342 cm³/mol. The number of rotatable bonds is 65. The van der Waals surface area contributed by atoms with Gasteiger partial charge in [-0.15, -0.1) is 0 Å². The first-order chi connectivity index (χ1) is 38.0. The minimum Gasteiger partial charge on any atom is -0.391 e. The fourth-order valence-corrected chi connectivity index (χ4v) is 11.5. The molecule has 1 amide bonds. The lowest BCUT2D eigenvalue weighted by molar-refractivity contribution is -0.870. The summed E-state index contributed by atoms with van der Waals surface area (Å²) in [5.41, 5.74) is 0. The third-order valence-electron chi connectivity index (χ3n) is 16.2. The average Bonchev–Trinajstić information content (AvgIpc) is 3.41. The lowest BCUT2D eigenvalue weighted by Crippen LogP contribution is -2.46. The van der Waals surface area contributed by atoms with Crippen molar-refractivity contribution in [1.82, 2.24) is 5.32 Å². The van der Waals surface area contributed by atoms with Crippen LogP contribution in [0.15, 0.2) is 24.3 Å². The molecule has 0 saturated heterocycles. The van der Waals surface area contributed by atoms with Crippen molar-refractivity contribution in [1.29, 1.82) is 0 Å². The Morgan fingerprint density at radius 1 is 0.436 bits per heavy atom. The highest BCUT2D eigenvalue weighted by Gasteiger charge is 2.28. The van der Waals surface area contributed by atoms with Crippen LogP contribution < -0.4 is 5.32 Å². The number of carbonyl (C=O) groups is 1. The molecule has 0 saturated carbocycles. The molecule has 3 unspecified atom stereocenters. The highest BCUT2D eigenvalue weighted by atomic mass is 31.2. The molecule has 78 heavy (non-hydrogen) atoms. The van der Waals surface area contributed by atoms with Crippen LogP contribution in [0.2, 0.25) is 0 Å². The number of phosphoric ester groups is 1. The van der Waals surface area contributed by atoms with E-state index in [1.807, 2.05) is 21.1 Å². The molecule has 0 aromatic rings. The van der Waals surface area contributed by atoms with Gasteiger partial charge in [0.1, 0.15) is 13.2 Å². The maximum Gasteiger partial charge on any atom is 0.472 e. The van der Waals surface area contributed by atoms with Gasteiger partial charge in [0.2, 0.25) is 5.91 Å². The van der Waals surface area contributed by atoms with Crippen LogP contribution in [0.3, 0.4) is 0 Å². The summed E-state index contributed by atoms with van der Waals surface area (Å²) in [4.78, 5) is 23.4. The predicted octanol–water partition coefficient (Wildman–Crippen LogP) is 21.9. The van der Waals surface area contributed by atoms with Crippen LogP contribution in [-0.4, -0.2) is 73.4 Å². The van der Waals surface area contributed by atoms with Crippen LogP contribution in [0.4, 0.5) is 0 Å². The first kappa shape index (κ1) is 77.0. The molecule has 0 aromatic heterocycles. The van der Waals surface area contributed by atoms with Gasteiger partial charge in [-0.25, -0.2) is 4.57 Å². The zero-order valence-electron chi connectivity index (χ0n) is 53.2. The van der Waals surface area contributed by atoms with Crippen molar-refractivity contribution in [2.24, 2.45) is 0 Å². The van der Waals surface area contributed by atoms with E-state index in [0.717, 1.165) is 44.9 Å². The summed E-state index contributed by atoms with van der Waals surface area (Å²) >= 11 is 0. The van der Waals surface area contributed by atoms with Gasteiger partial charge in [-0.05, 0) is 44.9 Å². The fraction of sp³-hybridized carbons (Fsp3) is 0.928. The van der Waals surface area contributed by atoms with E-state index in [0.29, 0.717) is 23.9 Å². The number of unbranched alkanes of at least 4 members (excludes halogenated alkanes) is 48. The molecule has 0 aromatic carbocycles. The molecule has 9 heteroatoms. The Hall–Kier alpha value is -1.02. The molecule has 0 rings (SSSR count). The number of hydrogen-bond donors (Lipinski definition) is 3. The van der Waals surface area contributed by atoms with Crippen molar-refractivity contribution in [2.75, 3.05) is 40.9 Å². The molecule has 3 N–H and O–H groups in total. The summed E-state index contributed by atoms with van der Waals surface area (Å²) in [6.45, 7) is 4.93. The number of amides is 1. The summed E-state index contributed by atoms with van der Waals surface area (Å²) in [7, 11) is 1.63. The zero-order chi connectivity index (χ0) is 57.0. The molecular formula is C69H138N2O6P+. The van der Waals surface area contributed by atoms with Crippen molar-refractivity contribution in [3.63, 3.8) is 0 Å². The molecule has 0 radical (unpaired) electrons. The molecule has 0 aliphatic carbocycles. The van der Waals surface area contributed by atoms with Crippen LogP contribution in [0.25, 0.3) is 0 Å².